The normalized spacial score (nSPS) is 27.6. The monoisotopic (exact) mass is 399 g/mol. The molecule has 5 heteroatoms. The SMILES string of the molecule is O[C@@H]1CC[C@@H](OCc2ccc(F)cc2)C[C@H]1N1CCC(O)(c2ccccc2)CC1. The zero-order valence-electron chi connectivity index (χ0n) is 16.7. The molecule has 0 amide bonds. The molecule has 1 aliphatic carbocycles. The highest BCUT2D eigenvalue weighted by atomic mass is 19.1. The van der Waals surface area contributed by atoms with Crippen LogP contribution in [0, 0.1) is 5.82 Å². The summed E-state index contributed by atoms with van der Waals surface area (Å²) in [6, 6.07) is 16.3. The van der Waals surface area contributed by atoms with Gasteiger partial charge < -0.3 is 14.9 Å². The van der Waals surface area contributed by atoms with Gasteiger partial charge in [-0.1, -0.05) is 42.5 Å². The van der Waals surface area contributed by atoms with Crippen molar-refractivity contribution in [2.75, 3.05) is 13.1 Å². The number of halogens is 1. The van der Waals surface area contributed by atoms with Crippen molar-refractivity contribution < 1.29 is 19.3 Å². The Morgan fingerprint density at radius 2 is 1.69 bits per heavy atom. The summed E-state index contributed by atoms with van der Waals surface area (Å²) in [4.78, 5) is 2.31. The van der Waals surface area contributed by atoms with Crippen molar-refractivity contribution in [3.05, 3.63) is 71.5 Å². The predicted octanol–water partition coefficient (Wildman–Crippen LogP) is 3.61. The number of hydrogen-bond acceptors (Lipinski definition) is 4. The Balaban J connectivity index is 1.32. The van der Waals surface area contributed by atoms with Crippen LogP contribution in [0.5, 0.6) is 0 Å². The van der Waals surface area contributed by atoms with E-state index in [0.29, 0.717) is 19.4 Å². The summed E-state index contributed by atoms with van der Waals surface area (Å²) >= 11 is 0. The van der Waals surface area contributed by atoms with E-state index in [0.717, 1.165) is 43.5 Å². The molecule has 2 fully saturated rings. The smallest absolute Gasteiger partial charge is 0.123 e. The quantitative estimate of drug-likeness (QED) is 0.807. The molecule has 4 nitrogen and oxygen atoms in total. The molecular formula is C24H30FNO3. The number of likely N-dealkylation sites (tertiary alicyclic amines) is 1. The predicted molar refractivity (Wildman–Crippen MR) is 110 cm³/mol. The lowest BCUT2D eigenvalue weighted by Crippen LogP contribution is -2.53. The van der Waals surface area contributed by atoms with Gasteiger partial charge in [-0.3, -0.25) is 4.90 Å². The first-order valence-corrected chi connectivity index (χ1v) is 10.6. The topological polar surface area (TPSA) is 52.9 Å². The van der Waals surface area contributed by atoms with Crippen LogP contribution in [-0.2, 0) is 16.9 Å². The third-order valence-electron chi connectivity index (χ3n) is 6.54. The van der Waals surface area contributed by atoms with Gasteiger partial charge in [-0.15, -0.1) is 0 Å². The van der Waals surface area contributed by atoms with E-state index >= 15 is 0 Å². The summed E-state index contributed by atoms with van der Waals surface area (Å²) in [5.41, 5.74) is 1.15. The van der Waals surface area contributed by atoms with Gasteiger partial charge in [-0.2, -0.15) is 0 Å². The second-order valence-corrected chi connectivity index (χ2v) is 8.44. The third kappa shape index (κ3) is 4.86. The molecule has 2 aliphatic rings. The highest BCUT2D eigenvalue weighted by Crippen LogP contribution is 2.36. The van der Waals surface area contributed by atoms with Crippen LogP contribution >= 0.6 is 0 Å². The Labute approximate surface area is 171 Å². The lowest BCUT2D eigenvalue weighted by Gasteiger charge is -2.46. The first kappa shape index (κ1) is 20.5. The number of hydrogen-bond donors (Lipinski definition) is 2. The van der Waals surface area contributed by atoms with Crippen LogP contribution in [0.3, 0.4) is 0 Å². The van der Waals surface area contributed by atoms with E-state index in [1.807, 2.05) is 30.3 Å². The van der Waals surface area contributed by atoms with Gasteiger partial charge >= 0.3 is 0 Å². The molecule has 29 heavy (non-hydrogen) atoms. The maximum atomic E-state index is 13.1. The largest absolute Gasteiger partial charge is 0.391 e. The van der Waals surface area contributed by atoms with Gasteiger partial charge in [-0.05, 0) is 55.4 Å². The molecule has 1 saturated heterocycles. The summed E-state index contributed by atoms with van der Waals surface area (Å²) in [6.45, 7) is 1.98. The minimum Gasteiger partial charge on any atom is -0.391 e. The van der Waals surface area contributed by atoms with Gasteiger partial charge in [0.2, 0.25) is 0 Å². The van der Waals surface area contributed by atoms with Gasteiger partial charge in [0.05, 0.1) is 24.4 Å². The second-order valence-electron chi connectivity index (χ2n) is 8.44. The van der Waals surface area contributed by atoms with Gasteiger partial charge in [0.15, 0.2) is 0 Å². The molecule has 0 radical (unpaired) electrons. The number of aliphatic hydroxyl groups excluding tert-OH is 1. The molecule has 2 aromatic carbocycles. The van der Waals surface area contributed by atoms with Crippen molar-refractivity contribution in [1.29, 1.82) is 0 Å². The number of ether oxygens (including phenoxy) is 1. The van der Waals surface area contributed by atoms with Crippen LogP contribution in [0.1, 0.15) is 43.2 Å². The standard InChI is InChI=1S/C24H30FNO3/c25-20-8-6-18(7-9-20)17-29-21-10-11-23(27)22(16-21)26-14-12-24(28,13-15-26)19-4-2-1-3-5-19/h1-9,21-23,27-28H,10-17H2/t21-,22-,23-/m1/s1. The Hall–Kier alpha value is -1.79. The number of benzene rings is 2. The van der Waals surface area contributed by atoms with Crippen LogP contribution in [0.2, 0.25) is 0 Å². The van der Waals surface area contributed by atoms with E-state index in [1.54, 1.807) is 12.1 Å². The lowest BCUT2D eigenvalue weighted by molar-refractivity contribution is -0.0882. The van der Waals surface area contributed by atoms with Crippen LogP contribution < -0.4 is 0 Å². The molecule has 0 unspecified atom stereocenters. The van der Waals surface area contributed by atoms with Crippen molar-refractivity contribution in [1.82, 2.24) is 4.90 Å². The molecule has 1 aliphatic heterocycles. The number of rotatable bonds is 5. The van der Waals surface area contributed by atoms with E-state index in [-0.39, 0.29) is 24.1 Å². The summed E-state index contributed by atoms with van der Waals surface area (Å²) in [5.74, 6) is -0.241. The van der Waals surface area contributed by atoms with E-state index in [2.05, 4.69) is 4.90 Å². The van der Waals surface area contributed by atoms with E-state index in [1.165, 1.54) is 12.1 Å². The molecule has 0 spiro atoms. The molecule has 1 heterocycles. The number of nitrogens with zero attached hydrogens (tertiary/aromatic N) is 1. The van der Waals surface area contributed by atoms with Crippen molar-refractivity contribution in [3.63, 3.8) is 0 Å². The van der Waals surface area contributed by atoms with Gasteiger partial charge in [0.1, 0.15) is 5.82 Å². The van der Waals surface area contributed by atoms with Crippen LogP contribution in [0.15, 0.2) is 54.6 Å². The van der Waals surface area contributed by atoms with E-state index in [4.69, 9.17) is 4.74 Å². The number of piperidine rings is 1. The average Bonchev–Trinajstić information content (AvgIpc) is 2.76. The molecule has 0 bridgehead atoms. The van der Waals surface area contributed by atoms with Crippen LogP contribution in [-0.4, -0.2) is 46.5 Å². The van der Waals surface area contributed by atoms with E-state index < -0.39 is 5.60 Å². The van der Waals surface area contributed by atoms with Crippen LogP contribution in [0.25, 0.3) is 0 Å². The first-order valence-electron chi connectivity index (χ1n) is 10.6. The molecule has 0 aromatic heterocycles. The molecule has 156 valence electrons. The lowest BCUT2D eigenvalue weighted by atomic mass is 9.82. The Morgan fingerprint density at radius 1 is 1.00 bits per heavy atom. The fourth-order valence-corrected chi connectivity index (χ4v) is 4.69. The maximum Gasteiger partial charge on any atom is 0.123 e. The van der Waals surface area contributed by atoms with Crippen LogP contribution in [0.4, 0.5) is 4.39 Å². The average molecular weight is 400 g/mol. The summed E-state index contributed by atoms with van der Waals surface area (Å²) in [5, 5.41) is 21.7. The van der Waals surface area contributed by atoms with Gasteiger partial charge in [0, 0.05) is 19.1 Å². The van der Waals surface area contributed by atoms with Gasteiger partial charge in [0.25, 0.3) is 0 Å². The zero-order chi connectivity index (χ0) is 20.3. The second kappa shape index (κ2) is 8.92. The van der Waals surface area contributed by atoms with Crippen molar-refractivity contribution >= 4 is 0 Å². The zero-order valence-corrected chi connectivity index (χ0v) is 16.7. The van der Waals surface area contributed by atoms with Crippen molar-refractivity contribution in [2.45, 2.75) is 62.6 Å². The Morgan fingerprint density at radius 3 is 2.38 bits per heavy atom. The molecule has 2 N–H and O–H groups in total. The summed E-state index contributed by atoms with van der Waals surface area (Å²) in [7, 11) is 0. The molecule has 4 rings (SSSR count). The van der Waals surface area contributed by atoms with Crippen molar-refractivity contribution in [3.8, 4) is 0 Å². The Kier molecular flexibility index (Phi) is 6.30. The Bertz CT molecular complexity index is 774. The van der Waals surface area contributed by atoms with E-state index in [9.17, 15) is 14.6 Å². The fraction of sp³-hybridized carbons (Fsp3) is 0.500. The highest BCUT2D eigenvalue weighted by Gasteiger charge is 2.40. The molecule has 3 atom stereocenters. The number of aliphatic hydroxyl groups is 2. The third-order valence-corrected chi connectivity index (χ3v) is 6.54. The van der Waals surface area contributed by atoms with Gasteiger partial charge in [-0.25, -0.2) is 4.39 Å². The molecular weight excluding hydrogens is 369 g/mol. The minimum absolute atomic E-state index is 0.0577. The molecule has 1 saturated carbocycles. The first-order chi connectivity index (χ1) is 14.0. The minimum atomic E-state index is -0.782. The summed E-state index contributed by atoms with van der Waals surface area (Å²) in [6.07, 6.45) is 3.40. The summed E-state index contributed by atoms with van der Waals surface area (Å²) < 4.78 is 19.1. The highest BCUT2D eigenvalue weighted by molar-refractivity contribution is 5.23. The maximum absolute atomic E-state index is 13.1. The fourth-order valence-electron chi connectivity index (χ4n) is 4.69. The molecule has 2 aromatic rings. The van der Waals surface area contributed by atoms with Crippen molar-refractivity contribution in [2.24, 2.45) is 0 Å².